The average Bonchev–Trinajstić information content (AvgIpc) is 2.77. The highest BCUT2D eigenvalue weighted by atomic mass is 16.5. The van der Waals surface area contributed by atoms with E-state index in [2.05, 4.69) is 5.32 Å². The summed E-state index contributed by atoms with van der Waals surface area (Å²) in [4.78, 5) is 24.8. The van der Waals surface area contributed by atoms with Crippen LogP contribution in [0.25, 0.3) is 11.1 Å². The van der Waals surface area contributed by atoms with Gasteiger partial charge in [-0.25, -0.2) is 4.79 Å². The quantitative estimate of drug-likeness (QED) is 0.280. The number of amidine groups is 1. The molecule has 0 aromatic heterocycles. The van der Waals surface area contributed by atoms with Crippen LogP contribution in [0.15, 0.2) is 66.7 Å². The van der Waals surface area contributed by atoms with Gasteiger partial charge in [0.25, 0.3) is 5.91 Å². The van der Waals surface area contributed by atoms with Gasteiger partial charge < -0.3 is 26.0 Å². The zero-order valence-corrected chi connectivity index (χ0v) is 16.5. The Balaban J connectivity index is 1.95. The summed E-state index contributed by atoms with van der Waals surface area (Å²) < 4.78 is 5.30. The molecular formula is C23H21N3O5. The fourth-order valence-electron chi connectivity index (χ4n) is 3.04. The van der Waals surface area contributed by atoms with E-state index in [0.717, 1.165) is 0 Å². The van der Waals surface area contributed by atoms with E-state index in [-0.39, 0.29) is 24.6 Å². The Morgan fingerprint density at radius 1 is 0.968 bits per heavy atom. The van der Waals surface area contributed by atoms with E-state index in [1.807, 2.05) is 0 Å². The molecule has 0 saturated heterocycles. The normalized spacial score (nSPS) is 10.4. The first-order valence-electron chi connectivity index (χ1n) is 9.37. The first kappa shape index (κ1) is 21.5. The lowest BCUT2D eigenvalue weighted by atomic mass is 9.94. The number of amides is 1. The number of ether oxygens (including phenoxy) is 1. The van der Waals surface area contributed by atoms with Crippen molar-refractivity contribution in [2.75, 3.05) is 18.5 Å². The number of hydrogen-bond acceptors (Lipinski definition) is 5. The second-order valence-corrected chi connectivity index (χ2v) is 6.58. The van der Waals surface area contributed by atoms with Crippen molar-refractivity contribution in [1.29, 1.82) is 5.41 Å². The van der Waals surface area contributed by atoms with Crippen molar-refractivity contribution in [2.45, 2.75) is 0 Å². The maximum Gasteiger partial charge on any atom is 0.336 e. The average molecular weight is 419 g/mol. The number of hydrogen-bond donors (Lipinski definition) is 5. The molecule has 0 aliphatic carbocycles. The third-order valence-corrected chi connectivity index (χ3v) is 4.50. The first-order chi connectivity index (χ1) is 14.9. The summed E-state index contributed by atoms with van der Waals surface area (Å²) in [6.07, 6.45) is 0. The molecule has 8 heteroatoms. The van der Waals surface area contributed by atoms with Gasteiger partial charge in [-0.2, -0.15) is 0 Å². The largest absolute Gasteiger partial charge is 0.491 e. The fourth-order valence-corrected chi connectivity index (χ4v) is 3.04. The molecule has 158 valence electrons. The molecule has 3 rings (SSSR count). The van der Waals surface area contributed by atoms with Crippen LogP contribution in [0, 0.1) is 5.41 Å². The number of benzene rings is 3. The van der Waals surface area contributed by atoms with E-state index in [9.17, 15) is 14.7 Å². The third kappa shape index (κ3) is 5.06. The number of aliphatic hydroxyl groups excluding tert-OH is 1. The second-order valence-electron chi connectivity index (χ2n) is 6.58. The van der Waals surface area contributed by atoms with Crippen LogP contribution in [-0.4, -0.2) is 41.1 Å². The molecule has 0 saturated carbocycles. The van der Waals surface area contributed by atoms with E-state index in [1.54, 1.807) is 60.7 Å². The van der Waals surface area contributed by atoms with E-state index < -0.39 is 11.9 Å². The van der Waals surface area contributed by atoms with E-state index in [0.29, 0.717) is 33.7 Å². The molecule has 0 spiro atoms. The van der Waals surface area contributed by atoms with Gasteiger partial charge in [0.15, 0.2) is 0 Å². The van der Waals surface area contributed by atoms with Crippen LogP contribution in [0.3, 0.4) is 0 Å². The molecular weight excluding hydrogens is 398 g/mol. The molecule has 0 radical (unpaired) electrons. The standard InChI is InChI=1S/C23H21N3O5/c24-21(25)14-5-7-15(8-6-14)26-22(28)19-4-2-1-3-17(19)18-10-9-16(31-12-11-27)13-20(18)23(29)30/h1-10,13,27H,11-12H2,(H3,24,25)(H,26,28)(H,29,30). The van der Waals surface area contributed by atoms with Crippen molar-refractivity contribution in [3.05, 3.63) is 83.4 Å². The van der Waals surface area contributed by atoms with Crippen LogP contribution in [0.1, 0.15) is 26.3 Å². The van der Waals surface area contributed by atoms with Gasteiger partial charge in [0, 0.05) is 16.8 Å². The summed E-state index contributed by atoms with van der Waals surface area (Å²) in [7, 11) is 0. The van der Waals surface area contributed by atoms with Crippen molar-refractivity contribution in [3.63, 3.8) is 0 Å². The van der Waals surface area contributed by atoms with E-state index in [4.69, 9.17) is 21.0 Å². The minimum absolute atomic E-state index is 0.0264. The SMILES string of the molecule is N=C(N)c1ccc(NC(=O)c2ccccc2-c2ccc(OCCO)cc2C(=O)O)cc1. The fraction of sp³-hybridized carbons (Fsp3) is 0.0870. The predicted octanol–water partition coefficient (Wildman–Crippen LogP) is 2.96. The topological polar surface area (TPSA) is 146 Å². The summed E-state index contributed by atoms with van der Waals surface area (Å²) >= 11 is 0. The van der Waals surface area contributed by atoms with Crippen molar-refractivity contribution in [1.82, 2.24) is 0 Å². The molecule has 0 aliphatic heterocycles. The molecule has 0 aliphatic rings. The smallest absolute Gasteiger partial charge is 0.336 e. The van der Waals surface area contributed by atoms with Gasteiger partial charge in [0.05, 0.1) is 12.2 Å². The number of anilines is 1. The van der Waals surface area contributed by atoms with E-state index in [1.165, 1.54) is 6.07 Å². The van der Waals surface area contributed by atoms with Gasteiger partial charge in [-0.05, 0) is 59.7 Å². The van der Waals surface area contributed by atoms with Crippen LogP contribution in [0.5, 0.6) is 5.75 Å². The predicted molar refractivity (Wildman–Crippen MR) is 117 cm³/mol. The van der Waals surface area contributed by atoms with Crippen LogP contribution in [0.4, 0.5) is 5.69 Å². The zero-order valence-electron chi connectivity index (χ0n) is 16.5. The van der Waals surface area contributed by atoms with Crippen molar-refractivity contribution in [3.8, 4) is 16.9 Å². The molecule has 31 heavy (non-hydrogen) atoms. The van der Waals surface area contributed by atoms with Gasteiger partial charge in [-0.3, -0.25) is 10.2 Å². The number of carboxylic acids is 1. The molecule has 0 heterocycles. The molecule has 0 fully saturated rings. The summed E-state index contributed by atoms with van der Waals surface area (Å²) in [6, 6.07) is 17.7. The highest BCUT2D eigenvalue weighted by Gasteiger charge is 2.19. The Bertz CT molecular complexity index is 1130. The van der Waals surface area contributed by atoms with Gasteiger partial charge in [0.2, 0.25) is 0 Å². The Kier molecular flexibility index (Phi) is 6.64. The molecule has 3 aromatic carbocycles. The Morgan fingerprint density at radius 2 is 1.65 bits per heavy atom. The highest BCUT2D eigenvalue weighted by Crippen LogP contribution is 2.31. The number of carboxylic acid groups (broad SMARTS) is 1. The van der Waals surface area contributed by atoms with Crippen LogP contribution in [-0.2, 0) is 0 Å². The Morgan fingerprint density at radius 3 is 2.29 bits per heavy atom. The number of carbonyl (C=O) groups excluding carboxylic acids is 1. The summed E-state index contributed by atoms with van der Waals surface area (Å²) in [5, 5.41) is 28.8. The van der Waals surface area contributed by atoms with Crippen molar-refractivity contribution in [2.24, 2.45) is 5.73 Å². The van der Waals surface area contributed by atoms with Gasteiger partial charge in [-0.1, -0.05) is 18.2 Å². The zero-order chi connectivity index (χ0) is 22.4. The highest BCUT2D eigenvalue weighted by molar-refractivity contribution is 6.10. The summed E-state index contributed by atoms with van der Waals surface area (Å²) in [6.45, 7) is -0.152. The minimum Gasteiger partial charge on any atom is -0.491 e. The third-order valence-electron chi connectivity index (χ3n) is 4.50. The van der Waals surface area contributed by atoms with Crippen LogP contribution >= 0.6 is 0 Å². The second kappa shape index (κ2) is 9.55. The summed E-state index contributed by atoms with van der Waals surface area (Å²) in [5.41, 5.74) is 7.57. The molecule has 3 aromatic rings. The minimum atomic E-state index is -1.17. The Hall–Kier alpha value is -4.17. The lowest BCUT2D eigenvalue weighted by Crippen LogP contribution is -2.15. The number of nitrogen functional groups attached to an aromatic ring is 1. The molecule has 0 unspecified atom stereocenters. The number of nitrogens with two attached hydrogens (primary N) is 1. The van der Waals surface area contributed by atoms with Crippen LogP contribution in [0.2, 0.25) is 0 Å². The van der Waals surface area contributed by atoms with E-state index >= 15 is 0 Å². The maximum absolute atomic E-state index is 12.9. The molecule has 1 amide bonds. The lowest BCUT2D eigenvalue weighted by molar-refractivity contribution is 0.0696. The first-order valence-corrected chi connectivity index (χ1v) is 9.37. The number of aliphatic hydroxyl groups is 1. The Labute approximate surface area is 178 Å². The number of aromatic carboxylic acids is 1. The summed E-state index contributed by atoms with van der Waals surface area (Å²) in [5.74, 6) is -1.35. The maximum atomic E-state index is 12.9. The number of carbonyl (C=O) groups is 2. The van der Waals surface area contributed by atoms with Crippen molar-refractivity contribution >= 4 is 23.4 Å². The monoisotopic (exact) mass is 419 g/mol. The molecule has 0 atom stereocenters. The van der Waals surface area contributed by atoms with Gasteiger partial charge in [0.1, 0.15) is 18.2 Å². The molecule has 0 bridgehead atoms. The van der Waals surface area contributed by atoms with Gasteiger partial charge in [-0.15, -0.1) is 0 Å². The van der Waals surface area contributed by atoms with Gasteiger partial charge >= 0.3 is 5.97 Å². The number of nitrogens with one attached hydrogen (secondary N) is 2. The van der Waals surface area contributed by atoms with Crippen LogP contribution < -0.4 is 15.8 Å². The van der Waals surface area contributed by atoms with Crippen molar-refractivity contribution < 1.29 is 24.5 Å². The molecule has 8 nitrogen and oxygen atoms in total. The number of rotatable bonds is 8. The lowest BCUT2D eigenvalue weighted by Gasteiger charge is -2.14. The molecule has 6 N–H and O–H groups in total.